The first-order valence-electron chi connectivity index (χ1n) is 6.30. The van der Waals surface area contributed by atoms with E-state index in [2.05, 4.69) is 10.9 Å². The number of urea groups is 1. The topological polar surface area (TPSA) is 102 Å². The van der Waals surface area contributed by atoms with Gasteiger partial charge >= 0.3 is 6.03 Å². The van der Waals surface area contributed by atoms with Gasteiger partial charge in [0.25, 0.3) is 5.91 Å². The van der Waals surface area contributed by atoms with Crippen LogP contribution in [0.15, 0.2) is 0 Å². The summed E-state index contributed by atoms with van der Waals surface area (Å²) >= 11 is 0. The lowest BCUT2D eigenvalue weighted by Gasteiger charge is -2.29. The molecule has 2 bridgehead atoms. The second kappa shape index (κ2) is 5.04. The molecule has 2 saturated heterocycles. The summed E-state index contributed by atoms with van der Waals surface area (Å²) in [5, 5.41) is 10.2. The van der Waals surface area contributed by atoms with Crippen molar-refractivity contribution in [2.75, 3.05) is 6.54 Å². The average Bonchev–Trinajstić information content (AvgIpc) is 2.61. The Bertz CT molecular complexity index is 411. The van der Waals surface area contributed by atoms with Crippen molar-refractivity contribution in [1.82, 2.24) is 20.8 Å². The van der Waals surface area contributed by atoms with Crippen LogP contribution >= 0.6 is 0 Å². The fraction of sp³-hybridized carbons (Fsp3) is 0.727. The van der Waals surface area contributed by atoms with Gasteiger partial charge in [-0.05, 0) is 12.8 Å². The lowest BCUT2D eigenvalue weighted by atomic mass is 10.0. The van der Waals surface area contributed by atoms with Crippen molar-refractivity contribution < 1.29 is 19.6 Å². The second-order valence-electron chi connectivity index (χ2n) is 5.16. The fourth-order valence-corrected chi connectivity index (χ4v) is 2.27. The van der Waals surface area contributed by atoms with Crippen molar-refractivity contribution in [1.29, 1.82) is 0 Å². The maximum absolute atomic E-state index is 11.9. The summed E-state index contributed by atoms with van der Waals surface area (Å²) in [6, 6.07) is -1.44. The number of fused-ring (bicyclic) bond motifs is 2. The molecule has 2 rings (SSSR count). The molecular weight excluding hydrogens is 252 g/mol. The molecule has 0 radical (unpaired) electrons. The SMILES string of the molecule is CC(C)C(=O)NNC(=O)[C@H]1CC[C@H]2CN1C(=O)N2O. The second-order valence-corrected chi connectivity index (χ2v) is 5.16. The molecule has 2 aliphatic rings. The first kappa shape index (κ1) is 13.6. The Morgan fingerprint density at radius 2 is 2.00 bits per heavy atom. The number of nitrogens with one attached hydrogen (secondary N) is 2. The van der Waals surface area contributed by atoms with Gasteiger partial charge in [-0.1, -0.05) is 13.8 Å². The Morgan fingerprint density at radius 3 is 2.63 bits per heavy atom. The van der Waals surface area contributed by atoms with Gasteiger partial charge in [-0.2, -0.15) is 0 Å². The maximum Gasteiger partial charge on any atom is 0.344 e. The van der Waals surface area contributed by atoms with E-state index < -0.39 is 18.0 Å². The highest BCUT2D eigenvalue weighted by atomic mass is 16.5. The summed E-state index contributed by atoms with van der Waals surface area (Å²) in [7, 11) is 0. The predicted octanol–water partition coefficient (Wildman–Crippen LogP) is -0.552. The number of rotatable bonds is 2. The molecule has 8 heteroatoms. The Kier molecular flexibility index (Phi) is 3.61. The molecule has 2 aliphatic heterocycles. The van der Waals surface area contributed by atoms with E-state index in [9.17, 15) is 19.6 Å². The lowest BCUT2D eigenvalue weighted by Crippen LogP contribution is -2.54. The molecule has 106 valence electrons. The van der Waals surface area contributed by atoms with Crippen LogP contribution in [0.4, 0.5) is 4.79 Å². The Hall–Kier alpha value is -1.83. The highest BCUT2D eigenvalue weighted by Gasteiger charge is 2.46. The minimum atomic E-state index is -0.645. The largest absolute Gasteiger partial charge is 0.344 e. The molecule has 2 atom stereocenters. The molecule has 0 saturated carbocycles. The van der Waals surface area contributed by atoms with Gasteiger partial charge < -0.3 is 4.90 Å². The molecule has 4 amide bonds. The van der Waals surface area contributed by atoms with E-state index in [1.807, 2.05) is 0 Å². The number of amides is 4. The van der Waals surface area contributed by atoms with Crippen LogP contribution in [0.1, 0.15) is 26.7 Å². The Labute approximate surface area is 110 Å². The zero-order valence-electron chi connectivity index (χ0n) is 10.9. The highest BCUT2D eigenvalue weighted by Crippen LogP contribution is 2.28. The van der Waals surface area contributed by atoms with Crippen molar-refractivity contribution >= 4 is 17.8 Å². The zero-order valence-corrected chi connectivity index (χ0v) is 10.9. The summed E-state index contributed by atoms with van der Waals surface area (Å²) in [5.41, 5.74) is 4.63. The van der Waals surface area contributed by atoms with E-state index in [0.29, 0.717) is 24.4 Å². The molecule has 3 N–H and O–H groups in total. The summed E-state index contributed by atoms with van der Waals surface area (Å²) < 4.78 is 0. The van der Waals surface area contributed by atoms with Crippen LogP contribution < -0.4 is 10.9 Å². The van der Waals surface area contributed by atoms with Crippen molar-refractivity contribution in [3.63, 3.8) is 0 Å². The van der Waals surface area contributed by atoms with Crippen molar-refractivity contribution in [3.8, 4) is 0 Å². The van der Waals surface area contributed by atoms with Gasteiger partial charge in [0.05, 0.1) is 6.04 Å². The quantitative estimate of drug-likeness (QED) is 0.462. The monoisotopic (exact) mass is 270 g/mol. The zero-order chi connectivity index (χ0) is 14.2. The van der Waals surface area contributed by atoms with Crippen LogP contribution in [-0.4, -0.2) is 51.6 Å². The number of hydrazine groups is 1. The minimum Gasteiger partial charge on any atom is -0.309 e. The summed E-state index contributed by atoms with van der Waals surface area (Å²) in [5.74, 6) is -0.966. The van der Waals surface area contributed by atoms with Crippen LogP contribution in [0.3, 0.4) is 0 Å². The number of piperidine rings is 1. The number of hydrogen-bond acceptors (Lipinski definition) is 4. The van der Waals surface area contributed by atoms with Crippen LogP contribution in [0.2, 0.25) is 0 Å². The van der Waals surface area contributed by atoms with Gasteiger partial charge in [0.2, 0.25) is 5.91 Å². The Balaban J connectivity index is 1.93. The first-order chi connectivity index (χ1) is 8.91. The number of carbonyl (C=O) groups excluding carboxylic acids is 3. The predicted molar refractivity (Wildman–Crippen MR) is 63.7 cm³/mol. The average molecular weight is 270 g/mol. The molecule has 19 heavy (non-hydrogen) atoms. The number of hydrogen-bond donors (Lipinski definition) is 3. The minimum absolute atomic E-state index is 0.234. The molecule has 2 heterocycles. The number of hydroxylamine groups is 2. The maximum atomic E-state index is 11.9. The van der Waals surface area contributed by atoms with E-state index in [-0.39, 0.29) is 17.9 Å². The van der Waals surface area contributed by atoms with Gasteiger partial charge in [0.1, 0.15) is 6.04 Å². The van der Waals surface area contributed by atoms with Crippen molar-refractivity contribution in [2.45, 2.75) is 38.8 Å². The van der Waals surface area contributed by atoms with Crippen LogP contribution in [0.25, 0.3) is 0 Å². The van der Waals surface area contributed by atoms with E-state index >= 15 is 0 Å². The third-order valence-corrected chi connectivity index (χ3v) is 3.48. The third kappa shape index (κ3) is 2.48. The van der Waals surface area contributed by atoms with Crippen LogP contribution in [-0.2, 0) is 9.59 Å². The van der Waals surface area contributed by atoms with Crippen LogP contribution in [0.5, 0.6) is 0 Å². The fourth-order valence-electron chi connectivity index (χ4n) is 2.27. The van der Waals surface area contributed by atoms with Gasteiger partial charge in [0, 0.05) is 12.5 Å². The molecule has 0 aromatic rings. The van der Waals surface area contributed by atoms with E-state index in [4.69, 9.17) is 0 Å². The molecular formula is C11H18N4O4. The molecule has 2 fully saturated rings. The molecule has 0 aromatic carbocycles. The van der Waals surface area contributed by atoms with Crippen LogP contribution in [0, 0.1) is 5.92 Å². The number of nitrogens with zero attached hydrogens (tertiary/aromatic N) is 2. The van der Waals surface area contributed by atoms with Gasteiger partial charge in [-0.25, -0.2) is 9.86 Å². The summed E-state index contributed by atoms with van der Waals surface area (Å²) in [6.45, 7) is 3.76. The number of carbonyl (C=O) groups is 3. The normalized spacial score (nSPS) is 25.8. The van der Waals surface area contributed by atoms with E-state index in [1.165, 1.54) is 4.90 Å². The van der Waals surface area contributed by atoms with E-state index in [0.717, 1.165) is 0 Å². The van der Waals surface area contributed by atoms with Gasteiger partial charge in [0.15, 0.2) is 0 Å². The highest BCUT2D eigenvalue weighted by molar-refractivity contribution is 5.90. The smallest absolute Gasteiger partial charge is 0.309 e. The summed E-state index contributed by atoms with van der Waals surface area (Å²) in [4.78, 5) is 36.3. The first-order valence-corrected chi connectivity index (χ1v) is 6.30. The molecule has 0 aliphatic carbocycles. The van der Waals surface area contributed by atoms with Gasteiger partial charge in [-0.15, -0.1) is 0 Å². The molecule has 8 nitrogen and oxygen atoms in total. The molecule has 0 aromatic heterocycles. The molecule has 0 spiro atoms. The van der Waals surface area contributed by atoms with Gasteiger partial charge in [-0.3, -0.25) is 25.6 Å². The van der Waals surface area contributed by atoms with Crippen molar-refractivity contribution in [2.24, 2.45) is 5.92 Å². The van der Waals surface area contributed by atoms with Crippen molar-refractivity contribution in [3.05, 3.63) is 0 Å². The summed E-state index contributed by atoms with van der Waals surface area (Å²) in [6.07, 6.45) is 1.03. The Morgan fingerprint density at radius 1 is 1.32 bits per heavy atom. The van der Waals surface area contributed by atoms with E-state index in [1.54, 1.807) is 13.8 Å². The lowest BCUT2D eigenvalue weighted by molar-refractivity contribution is -0.133. The third-order valence-electron chi connectivity index (χ3n) is 3.48. The standard InChI is InChI=1S/C11H18N4O4/c1-6(2)9(16)12-13-10(17)8-4-3-7-5-14(8)11(18)15(7)19/h6-8,19H,3-5H2,1-2H3,(H,12,16)(H,13,17)/t7-,8+/m0/s1. The molecule has 0 unspecified atom stereocenters.